The van der Waals surface area contributed by atoms with Crippen molar-refractivity contribution in [1.82, 2.24) is 0 Å². The van der Waals surface area contributed by atoms with Gasteiger partial charge in [0.25, 0.3) is 5.91 Å². The van der Waals surface area contributed by atoms with E-state index in [9.17, 15) is 22.8 Å². The fourth-order valence-electron chi connectivity index (χ4n) is 4.19. The van der Waals surface area contributed by atoms with E-state index in [-0.39, 0.29) is 51.4 Å². The lowest BCUT2D eigenvalue weighted by atomic mass is 9.81. The van der Waals surface area contributed by atoms with Crippen LogP contribution in [0.15, 0.2) is 60.7 Å². The number of aromatic carboxylic acids is 1. The quantitative estimate of drug-likeness (QED) is 0.395. The van der Waals surface area contributed by atoms with Gasteiger partial charge in [-0.15, -0.1) is 0 Å². The molecule has 1 amide bonds. The number of carbonyl (C=O) groups excluding carboxylic acids is 1. The van der Waals surface area contributed by atoms with E-state index >= 15 is 0 Å². The van der Waals surface area contributed by atoms with Gasteiger partial charge in [0, 0.05) is 12.1 Å². The molecule has 0 aliphatic carbocycles. The number of carbonyl (C=O) groups is 2. The summed E-state index contributed by atoms with van der Waals surface area (Å²) in [4.78, 5) is 24.4. The number of hydrogen-bond acceptors (Lipinski definition) is 4. The van der Waals surface area contributed by atoms with E-state index in [1.807, 2.05) is 0 Å². The number of nitrogens with zero attached hydrogens (tertiary/aromatic N) is 1. The Hall–Kier alpha value is -3.72. The number of amides is 1. The van der Waals surface area contributed by atoms with Crippen LogP contribution in [0.2, 0.25) is 5.02 Å². The van der Waals surface area contributed by atoms with Crippen LogP contribution in [-0.4, -0.2) is 36.8 Å². The van der Waals surface area contributed by atoms with Gasteiger partial charge in [-0.25, -0.2) is 4.79 Å². The molecule has 1 N–H and O–H groups in total. The van der Waals surface area contributed by atoms with E-state index in [1.165, 1.54) is 73.5 Å². The van der Waals surface area contributed by atoms with Gasteiger partial charge in [0.05, 0.1) is 17.2 Å². The monoisotopic (exact) mass is 519 g/mol. The Morgan fingerprint density at radius 1 is 1.11 bits per heavy atom. The Bertz CT molecular complexity index is 1330. The van der Waals surface area contributed by atoms with Crippen LogP contribution in [0.4, 0.5) is 18.9 Å². The zero-order valence-corrected chi connectivity index (χ0v) is 19.9. The van der Waals surface area contributed by atoms with Gasteiger partial charge in [0.2, 0.25) is 0 Å². The first-order valence-electron chi connectivity index (χ1n) is 10.9. The summed E-state index contributed by atoms with van der Waals surface area (Å²) in [5.74, 6) is -3.65. The normalized spacial score (nSPS) is 15.1. The maximum Gasteiger partial charge on any atom is 0.396 e. The second-order valence-corrected chi connectivity index (χ2v) is 8.80. The Kier molecular flexibility index (Phi) is 6.86. The fraction of sp³-hybridized carbons (Fsp3) is 0.231. The maximum absolute atomic E-state index is 14.3. The van der Waals surface area contributed by atoms with Crippen molar-refractivity contribution in [2.24, 2.45) is 0 Å². The summed E-state index contributed by atoms with van der Waals surface area (Å²) in [7, 11) is 1.49. The molecule has 0 fully saturated rings. The van der Waals surface area contributed by atoms with Crippen LogP contribution in [0, 0.1) is 0 Å². The van der Waals surface area contributed by atoms with Gasteiger partial charge in [-0.2, -0.15) is 13.2 Å². The highest BCUT2D eigenvalue weighted by molar-refractivity contribution is 6.31. The van der Waals surface area contributed by atoms with Crippen LogP contribution in [0.3, 0.4) is 0 Å². The number of benzene rings is 3. The van der Waals surface area contributed by atoms with E-state index in [0.29, 0.717) is 5.75 Å². The second-order valence-electron chi connectivity index (χ2n) is 8.39. The Morgan fingerprint density at radius 2 is 1.83 bits per heavy atom. The zero-order chi connectivity index (χ0) is 26.2. The zero-order valence-electron chi connectivity index (χ0n) is 19.2. The number of carboxylic acid groups (broad SMARTS) is 1. The number of fused-ring (bicyclic) bond motifs is 1. The summed E-state index contributed by atoms with van der Waals surface area (Å²) in [6.45, 7) is 1.26. The maximum atomic E-state index is 14.3. The number of halogens is 4. The number of anilines is 1. The lowest BCUT2D eigenvalue weighted by Crippen LogP contribution is -2.35. The molecule has 0 bridgehead atoms. The average Bonchev–Trinajstić information content (AvgIpc) is 2.81. The molecule has 3 aromatic rings. The van der Waals surface area contributed by atoms with Crippen molar-refractivity contribution < 1.29 is 37.3 Å². The summed E-state index contributed by atoms with van der Waals surface area (Å²) >= 11 is 6.40. The SMILES string of the molecule is CC(c1ccc(Oc2cccc(C(=O)O)c2)cc1Cl)C(c1ccc2c(c1)N(C)C(=O)CO2)C(F)(F)F. The summed E-state index contributed by atoms with van der Waals surface area (Å²) < 4.78 is 54.0. The molecule has 1 heterocycles. The van der Waals surface area contributed by atoms with E-state index in [2.05, 4.69) is 0 Å². The van der Waals surface area contributed by atoms with E-state index in [0.717, 1.165) is 0 Å². The first-order chi connectivity index (χ1) is 17.0. The Labute approximate surface area is 209 Å². The molecule has 10 heteroatoms. The second kappa shape index (κ2) is 9.73. The highest BCUT2D eigenvalue weighted by Crippen LogP contribution is 2.48. The smallest absolute Gasteiger partial charge is 0.396 e. The molecule has 0 radical (unpaired) electrons. The third-order valence-electron chi connectivity index (χ3n) is 6.06. The highest BCUT2D eigenvalue weighted by Gasteiger charge is 2.45. The van der Waals surface area contributed by atoms with Crippen LogP contribution in [0.5, 0.6) is 17.2 Å². The fourth-order valence-corrected chi connectivity index (χ4v) is 4.54. The molecule has 1 aliphatic rings. The third-order valence-corrected chi connectivity index (χ3v) is 6.39. The lowest BCUT2D eigenvalue weighted by molar-refractivity contribution is -0.154. The molecule has 4 rings (SSSR count). The first kappa shape index (κ1) is 25.4. The molecule has 0 aromatic heterocycles. The molecule has 6 nitrogen and oxygen atoms in total. The van der Waals surface area contributed by atoms with Crippen LogP contribution in [0.25, 0.3) is 0 Å². The van der Waals surface area contributed by atoms with Crippen LogP contribution >= 0.6 is 11.6 Å². The minimum Gasteiger partial charge on any atom is -0.482 e. The first-order valence-corrected chi connectivity index (χ1v) is 11.2. The van der Waals surface area contributed by atoms with Crippen molar-refractivity contribution in [3.8, 4) is 17.2 Å². The molecule has 0 saturated carbocycles. The molecule has 36 heavy (non-hydrogen) atoms. The van der Waals surface area contributed by atoms with E-state index < -0.39 is 24.0 Å². The highest BCUT2D eigenvalue weighted by atomic mass is 35.5. The van der Waals surface area contributed by atoms with Gasteiger partial charge in [-0.3, -0.25) is 4.79 Å². The number of ether oxygens (including phenoxy) is 2. The number of likely N-dealkylation sites (N-methyl/N-ethyl adjacent to an activating group) is 1. The average molecular weight is 520 g/mol. The van der Waals surface area contributed by atoms with E-state index in [4.69, 9.17) is 26.2 Å². The predicted octanol–water partition coefficient (Wildman–Crippen LogP) is 6.64. The van der Waals surface area contributed by atoms with Crippen molar-refractivity contribution in [3.63, 3.8) is 0 Å². The van der Waals surface area contributed by atoms with Crippen molar-refractivity contribution in [2.45, 2.75) is 24.9 Å². The lowest BCUT2D eigenvalue weighted by Gasteiger charge is -2.31. The number of hydrogen-bond donors (Lipinski definition) is 1. The Morgan fingerprint density at radius 3 is 2.50 bits per heavy atom. The Balaban J connectivity index is 1.65. The minimum absolute atomic E-state index is 0.0271. The number of alkyl halides is 3. The van der Waals surface area contributed by atoms with Gasteiger partial charge in [0.15, 0.2) is 6.61 Å². The standard InChI is InChI=1S/C26H21ClF3NO5/c1-14(19-8-7-18(12-20(19)27)36-17-5-3-4-16(10-17)25(33)34)24(26(28,29)30)15-6-9-22-21(11-15)31(2)23(32)13-35-22/h3-12,14,24H,13H2,1-2H3,(H,33,34). The van der Waals surface area contributed by atoms with Crippen molar-refractivity contribution in [3.05, 3.63) is 82.4 Å². The van der Waals surface area contributed by atoms with Crippen molar-refractivity contribution >= 4 is 29.2 Å². The molecular formula is C26H21ClF3NO5. The third kappa shape index (κ3) is 5.11. The van der Waals surface area contributed by atoms with Gasteiger partial charge in [-0.1, -0.05) is 36.7 Å². The largest absolute Gasteiger partial charge is 0.482 e. The summed E-state index contributed by atoms with van der Waals surface area (Å²) in [6, 6.07) is 14.2. The van der Waals surface area contributed by atoms with Gasteiger partial charge in [-0.05, 0) is 59.5 Å². The predicted molar refractivity (Wildman–Crippen MR) is 127 cm³/mol. The van der Waals surface area contributed by atoms with E-state index in [1.54, 1.807) is 6.07 Å². The molecule has 2 atom stereocenters. The summed E-state index contributed by atoms with van der Waals surface area (Å²) in [5.41, 5.74) is 0.521. The minimum atomic E-state index is -4.61. The topological polar surface area (TPSA) is 76.1 Å². The van der Waals surface area contributed by atoms with Crippen LogP contribution in [-0.2, 0) is 4.79 Å². The van der Waals surface area contributed by atoms with Gasteiger partial charge >= 0.3 is 12.1 Å². The van der Waals surface area contributed by atoms with Crippen LogP contribution < -0.4 is 14.4 Å². The molecule has 1 aliphatic heterocycles. The molecule has 188 valence electrons. The molecule has 3 aromatic carbocycles. The summed E-state index contributed by atoms with van der Waals surface area (Å²) in [5, 5.41) is 9.19. The van der Waals surface area contributed by atoms with Crippen molar-refractivity contribution in [1.29, 1.82) is 0 Å². The summed E-state index contributed by atoms with van der Waals surface area (Å²) in [6.07, 6.45) is -4.61. The molecule has 2 unspecified atom stereocenters. The number of rotatable bonds is 6. The van der Waals surface area contributed by atoms with Crippen LogP contribution in [0.1, 0.15) is 40.2 Å². The van der Waals surface area contributed by atoms with Gasteiger partial charge < -0.3 is 19.5 Å². The molecular weight excluding hydrogens is 499 g/mol. The van der Waals surface area contributed by atoms with Crippen molar-refractivity contribution in [2.75, 3.05) is 18.6 Å². The number of carboxylic acids is 1. The van der Waals surface area contributed by atoms with Gasteiger partial charge in [0.1, 0.15) is 17.2 Å². The molecule has 0 saturated heterocycles. The molecule has 0 spiro atoms.